The molecule has 1 fully saturated rings. The molecule has 0 bridgehead atoms. The van der Waals surface area contributed by atoms with E-state index in [-0.39, 0.29) is 0 Å². The molecule has 0 saturated heterocycles. The highest BCUT2D eigenvalue weighted by atomic mass is 35.5. The Hall–Kier alpha value is -0.800. The molecule has 0 unspecified atom stereocenters. The van der Waals surface area contributed by atoms with E-state index in [0.29, 0.717) is 23.6 Å². The van der Waals surface area contributed by atoms with E-state index >= 15 is 0 Å². The van der Waals surface area contributed by atoms with Crippen LogP contribution in [0.4, 0.5) is 0 Å². The third kappa shape index (κ3) is 2.11. The third-order valence-corrected chi connectivity index (χ3v) is 2.20. The van der Waals surface area contributed by atoms with Crippen LogP contribution in [-0.4, -0.2) is 11.1 Å². The van der Waals surface area contributed by atoms with Crippen molar-refractivity contribution in [3.8, 4) is 5.75 Å². The lowest BCUT2D eigenvalue weighted by Gasteiger charge is -2.06. The van der Waals surface area contributed by atoms with Crippen LogP contribution in [0.15, 0.2) is 12.3 Å². The van der Waals surface area contributed by atoms with Gasteiger partial charge in [-0.3, -0.25) is 0 Å². The van der Waals surface area contributed by atoms with Crippen molar-refractivity contribution in [3.05, 3.63) is 23.0 Å². The number of ether oxygens (including phenoxy) is 1. The fourth-order valence-electron chi connectivity index (χ4n) is 1.03. The molecule has 0 atom stereocenters. The topological polar surface area (TPSA) is 48.1 Å². The summed E-state index contributed by atoms with van der Waals surface area (Å²) in [6, 6.07) is 1.85. The SMILES string of the molecule is NCc1cnc(Cl)c(OC2CC2)c1. The first kappa shape index (κ1) is 8.78. The molecular formula is C9H11ClN2O. The Bertz CT molecular complexity index is 312. The fourth-order valence-corrected chi connectivity index (χ4v) is 1.18. The summed E-state index contributed by atoms with van der Waals surface area (Å²) in [5.41, 5.74) is 6.42. The van der Waals surface area contributed by atoms with Gasteiger partial charge in [0.2, 0.25) is 0 Å². The van der Waals surface area contributed by atoms with E-state index in [1.807, 2.05) is 6.07 Å². The summed E-state index contributed by atoms with van der Waals surface area (Å²) in [5.74, 6) is 0.659. The molecule has 0 spiro atoms. The lowest BCUT2D eigenvalue weighted by Crippen LogP contribution is -2.01. The van der Waals surface area contributed by atoms with E-state index in [9.17, 15) is 0 Å². The standard InChI is InChI=1S/C9H11ClN2O/c10-9-8(13-7-1-2-7)3-6(4-11)5-12-9/h3,5,7H,1-2,4,11H2. The lowest BCUT2D eigenvalue weighted by atomic mass is 10.3. The highest BCUT2D eigenvalue weighted by Crippen LogP contribution is 2.30. The largest absolute Gasteiger partial charge is 0.487 e. The fraction of sp³-hybridized carbons (Fsp3) is 0.444. The first-order valence-electron chi connectivity index (χ1n) is 4.30. The van der Waals surface area contributed by atoms with Crippen molar-refractivity contribution in [1.29, 1.82) is 0 Å². The van der Waals surface area contributed by atoms with Crippen molar-refractivity contribution >= 4 is 11.6 Å². The predicted octanol–water partition coefficient (Wildman–Crippen LogP) is 1.73. The van der Waals surface area contributed by atoms with Crippen LogP contribution >= 0.6 is 11.6 Å². The molecule has 1 aliphatic carbocycles. The maximum atomic E-state index is 5.85. The van der Waals surface area contributed by atoms with Gasteiger partial charge in [0.25, 0.3) is 0 Å². The number of halogens is 1. The number of nitrogens with zero attached hydrogens (tertiary/aromatic N) is 1. The van der Waals surface area contributed by atoms with Crippen LogP contribution in [0.3, 0.4) is 0 Å². The van der Waals surface area contributed by atoms with Gasteiger partial charge in [-0.05, 0) is 24.5 Å². The summed E-state index contributed by atoms with van der Waals surface area (Å²) in [6.07, 6.45) is 4.24. The van der Waals surface area contributed by atoms with Gasteiger partial charge in [-0.15, -0.1) is 0 Å². The summed E-state index contributed by atoms with van der Waals surface area (Å²) in [7, 11) is 0. The summed E-state index contributed by atoms with van der Waals surface area (Å²) in [6.45, 7) is 0.463. The van der Waals surface area contributed by atoms with Crippen LogP contribution in [-0.2, 0) is 6.54 Å². The molecule has 1 heterocycles. The van der Waals surface area contributed by atoms with E-state index in [0.717, 1.165) is 18.4 Å². The molecule has 3 nitrogen and oxygen atoms in total. The van der Waals surface area contributed by atoms with Crippen molar-refractivity contribution in [1.82, 2.24) is 4.98 Å². The molecule has 2 N–H and O–H groups in total. The van der Waals surface area contributed by atoms with E-state index in [4.69, 9.17) is 22.1 Å². The Balaban J connectivity index is 2.19. The molecule has 70 valence electrons. The van der Waals surface area contributed by atoms with Gasteiger partial charge in [0.1, 0.15) is 0 Å². The van der Waals surface area contributed by atoms with E-state index < -0.39 is 0 Å². The van der Waals surface area contributed by atoms with Crippen LogP contribution in [0.2, 0.25) is 5.15 Å². The Kier molecular flexibility index (Phi) is 2.38. The normalized spacial score (nSPS) is 15.8. The second-order valence-corrected chi connectivity index (χ2v) is 3.51. The zero-order valence-electron chi connectivity index (χ0n) is 7.16. The van der Waals surface area contributed by atoms with Crippen LogP contribution in [0, 0.1) is 0 Å². The number of hydrogen-bond acceptors (Lipinski definition) is 3. The van der Waals surface area contributed by atoms with Gasteiger partial charge in [0.05, 0.1) is 6.10 Å². The van der Waals surface area contributed by atoms with Gasteiger partial charge < -0.3 is 10.5 Å². The number of pyridine rings is 1. The minimum atomic E-state index is 0.340. The predicted molar refractivity (Wildman–Crippen MR) is 50.8 cm³/mol. The average molecular weight is 199 g/mol. The molecule has 0 radical (unpaired) electrons. The van der Waals surface area contributed by atoms with Crippen LogP contribution in [0.25, 0.3) is 0 Å². The quantitative estimate of drug-likeness (QED) is 0.753. The average Bonchev–Trinajstić information content (AvgIpc) is 2.93. The van der Waals surface area contributed by atoms with Gasteiger partial charge in [0.15, 0.2) is 10.9 Å². The third-order valence-electron chi connectivity index (χ3n) is 1.92. The second-order valence-electron chi connectivity index (χ2n) is 3.15. The van der Waals surface area contributed by atoms with Gasteiger partial charge in [-0.25, -0.2) is 4.98 Å². The molecule has 13 heavy (non-hydrogen) atoms. The Morgan fingerprint density at radius 2 is 2.38 bits per heavy atom. The number of aromatic nitrogens is 1. The molecule has 1 aliphatic rings. The van der Waals surface area contributed by atoms with Gasteiger partial charge in [-0.1, -0.05) is 11.6 Å². The molecule has 1 aromatic rings. The van der Waals surface area contributed by atoms with Crippen LogP contribution < -0.4 is 10.5 Å². The lowest BCUT2D eigenvalue weighted by molar-refractivity contribution is 0.302. The number of nitrogens with two attached hydrogens (primary N) is 1. The van der Waals surface area contributed by atoms with Gasteiger partial charge in [0, 0.05) is 12.7 Å². The zero-order chi connectivity index (χ0) is 9.26. The van der Waals surface area contributed by atoms with Gasteiger partial charge >= 0.3 is 0 Å². The summed E-state index contributed by atoms with van der Waals surface area (Å²) < 4.78 is 5.55. The van der Waals surface area contributed by atoms with Crippen LogP contribution in [0.1, 0.15) is 18.4 Å². The number of rotatable bonds is 3. The molecular weight excluding hydrogens is 188 g/mol. The minimum Gasteiger partial charge on any atom is -0.487 e. The maximum absolute atomic E-state index is 5.85. The summed E-state index contributed by atoms with van der Waals surface area (Å²) >= 11 is 5.85. The monoisotopic (exact) mass is 198 g/mol. The first-order valence-corrected chi connectivity index (χ1v) is 4.68. The summed E-state index contributed by atoms with van der Waals surface area (Å²) in [4.78, 5) is 3.99. The zero-order valence-corrected chi connectivity index (χ0v) is 7.92. The van der Waals surface area contributed by atoms with Crippen molar-refractivity contribution in [2.75, 3.05) is 0 Å². The van der Waals surface area contributed by atoms with E-state index in [1.165, 1.54) is 0 Å². The molecule has 1 saturated carbocycles. The number of hydrogen-bond donors (Lipinski definition) is 1. The molecule has 2 rings (SSSR count). The Morgan fingerprint density at radius 1 is 1.62 bits per heavy atom. The molecule has 1 aromatic heterocycles. The Morgan fingerprint density at radius 3 is 3.00 bits per heavy atom. The molecule has 0 amide bonds. The van der Waals surface area contributed by atoms with Crippen LogP contribution in [0.5, 0.6) is 5.75 Å². The highest BCUT2D eigenvalue weighted by molar-refractivity contribution is 6.30. The Labute approximate surface area is 81.9 Å². The van der Waals surface area contributed by atoms with E-state index in [1.54, 1.807) is 6.20 Å². The minimum absolute atomic E-state index is 0.340. The van der Waals surface area contributed by atoms with Gasteiger partial charge in [-0.2, -0.15) is 0 Å². The maximum Gasteiger partial charge on any atom is 0.171 e. The summed E-state index contributed by atoms with van der Waals surface area (Å²) in [5, 5.41) is 0.420. The van der Waals surface area contributed by atoms with E-state index in [2.05, 4.69) is 4.98 Å². The molecule has 0 aromatic carbocycles. The molecule has 4 heteroatoms. The van der Waals surface area contributed by atoms with Crippen molar-refractivity contribution in [2.24, 2.45) is 5.73 Å². The van der Waals surface area contributed by atoms with Crippen molar-refractivity contribution in [2.45, 2.75) is 25.5 Å². The smallest absolute Gasteiger partial charge is 0.171 e. The highest BCUT2D eigenvalue weighted by Gasteiger charge is 2.24. The first-order chi connectivity index (χ1) is 6.29. The van der Waals surface area contributed by atoms with Crippen molar-refractivity contribution in [3.63, 3.8) is 0 Å². The molecule has 0 aliphatic heterocycles. The second kappa shape index (κ2) is 3.52. The van der Waals surface area contributed by atoms with Crippen molar-refractivity contribution < 1.29 is 4.74 Å².